The Morgan fingerprint density at radius 3 is 2.47 bits per heavy atom. The van der Waals surface area contributed by atoms with Crippen molar-refractivity contribution in [2.75, 3.05) is 26.8 Å². The molecule has 110 valence electrons. The fourth-order valence-corrected chi connectivity index (χ4v) is 3.06. The van der Waals surface area contributed by atoms with Crippen LogP contribution in [0.3, 0.4) is 0 Å². The number of rotatable bonds is 4. The maximum Gasteiger partial charge on any atom is 0.237 e. The molecule has 2 aliphatic rings. The van der Waals surface area contributed by atoms with Crippen molar-refractivity contribution in [1.29, 1.82) is 0 Å². The number of hydrogen-bond donors (Lipinski definition) is 1. The van der Waals surface area contributed by atoms with Crippen LogP contribution in [0.4, 0.5) is 0 Å². The number of amides is 1. The molecule has 1 aliphatic heterocycles. The molecule has 1 unspecified atom stereocenters. The minimum absolute atomic E-state index is 0.0792. The predicted octanol–water partition coefficient (Wildman–Crippen LogP) is 1.13. The normalized spacial score (nSPS) is 24.8. The van der Waals surface area contributed by atoms with Crippen LogP contribution in [-0.4, -0.2) is 55.5 Å². The lowest BCUT2D eigenvalue weighted by Crippen LogP contribution is -2.50. The van der Waals surface area contributed by atoms with Crippen molar-refractivity contribution in [3.8, 4) is 0 Å². The highest BCUT2D eigenvalue weighted by Gasteiger charge is 2.41. The first-order valence-electron chi connectivity index (χ1n) is 7.35. The fourth-order valence-electron chi connectivity index (χ4n) is 3.06. The zero-order chi connectivity index (χ0) is 13.9. The summed E-state index contributed by atoms with van der Waals surface area (Å²) in [5.74, 6) is -0.203. The highest BCUT2D eigenvalue weighted by molar-refractivity contribution is 5.81. The van der Waals surface area contributed by atoms with Crippen molar-refractivity contribution in [3.63, 3.8) is 0 Å². The molecule has 1 spiro atoms. The molecule has 0 radical (unpaired) electrons. The van der Waals surface area contributed by atoms with Gasteiger partial charge in [0.1, 0.15) is 0 Å². The van der Waals surface area contributed by atoms with Gasteiger partial charge in [0.15, 0.2) is 5.79 Å². The molecular formula is C14H26N2O3. The molecule has 1 heterocycles. The SMILES string of the molecule is CCNC(=O)C(C)N(C)C1CCC2(CC1)OCCO2. The molecule has 1 N–H and O–H groups in total. The van der Waals surface area contributed by atoms with Gasteiger partial charge in [-0.15, -0.1) is 0 Å². The summed E-state index contributed by atoms with van der Waals surface area (Å²) in [4.78, 5) is 14.1. The van der Waals surface area contributed by atoms with Crippen LogP contribution in [0.25, 0.3) is 0 Å². The first-order chi connectivity index (χ1) is 9.08. The molecule has 1 saturated heterocycles. The number of ether oxygens (including phenoxy) is 2. The molecule has 0 aromatic rings. The average molecular weight is 270 g/mol. The Bertz CT molecular complexity index is 306. The monoisotopic (exact) mass is 270 g/mol. The van der Waals surface area contributed by atoms with Gasteiger partial charge in [-0.05, 0) is 33.7 Å². The summed E-state index contributed by atoms with van der Waals surface area (Å²) in [6, 6.07) is 0.362. The first-order valence-corrected chi connectivity index (χ1v) is 7.35. The van der Waals surface area contributed by atoms with E-state index in [9.17, 15) is 4.79 Å². The van der Waals surface area contributed by atoms with Crippen molar-refractivity contribution < 1.29 is 14.3 Å². The molecule has 1 saturated carbocycles. The van der Waals surface area contributed by atoms with Crippen molar-refractivity contribution in [3.05, 3.63) is 0 Å². The van der Waals surface area contributed by atoms with Crippen molar-refractivity contribution in [2.24, 2.45) is 0 Å². The van der Waals surface area contributed by atoms with Gasteiger partial charge in [0.25, 0.3) is 0 Å². The minimum atomic E-state index is -0.313. The summed E-state index contributed by atoms with van der Waals surface area (Å²) in [5, 5.41) is 2.88. The van der Waals surface area contributed by atoms with Crippen LogP contribution in [-0.2, 0) is 14.3 Å². The smallest absolute Gasteiger partial charge is 0.237 e. The topological polar surface area (TPSA) is 50.8 Å². The Kier molecular flexibility index (Phi) is 4.81. The van der Waals surface area contributed by atoms with Gasteiger partial charge in [-0.1, -0.05) is 0 Å². The molecule has 19 heavy (non-hydrogen) atoms. The van der Waals surface area contributed by atoms with Crippen LogP contribution < -0.4 is 5.32 Å². The number of hydrogen-bond acceptors (Lipinski definition) is 4. The molecular weight excluding hydrogens is 244 g/mol. The van der Waals surface area contributed by atoms with E-state index >= 15 is 0 Å². The van der Waals surface area contributed by atoms with Crippen molar-refractivity contribution in [1.82, 2.24) is 10.2 Å². The zero-order valence-electron chi connectivity index (χ0n) is 12.3. The van der Waals surface area contributed by atoms with Crippen LogP contribution in [0.5, 0.6) is 0 Å². The molecule has 0 aromatic carbocycles. The van der Waals surface area contributed by atoms with E-state index in [1.54, 1.807) is 0 Å². The number of nitrogens with zero attached hydrogens (tertiary/aromatic N) is 1. The lowest BCUT2D eigenvalue weighted by atomic mass is 9.88. The van der Waals surface area contributed by atoms with Gasteiger partial charge < -0.3 is 14.8 Å². The fraction of sp³-hybridized carbons (Fsp3) is 0.929. The summed E-state index contributed by atoms with van der Waals surface area (Å²) < 4.78 is 11.5. The lowest BCUT2D eigenvalue weighted by molar-refractivity contribution is -0.184. The summed E-state index contributed by atoms with van der Waals surface area (Å²) in [7, 11) is 2.04. The van der Waals surface area contributed by atoms with Crippen LogP contribution in [0.2, 0.25) is 0 Å². The maximum absolute atomic E-state index is 11.9. The molecule has 5 nitrogen and oxygen atoms in total. The first kappa shape index (κ1) is 14.8. The third kappa shape index (κ3) is 3.27. The molecule has 1 atom stereocenters. The average Bonchev–Trinajstić information content (AvgIpc) is 2.86. The molecule has 0 bridgehead atoms. The van der Waals surface area contributed by atoms with E-state index < -0.39 is 0 Å². The molecule has 1 amide bonds. The third-order valence-corrected chi connectivity index (χ3v) is 4.45. The summed E-state index contributed by atoms with van der Waals surface area (Å²) in [6.07, 6.45) is 3.93. The second-order valence-corrected chi connectivity index (χ2v) is 5.57. The van der Waals surface area contributed by atoms with E-state index in [4.69, 9.17) is 9.47 Å². The van der Waals surface area contributed by atoms with Crippen LogP contribution in [0.1, 0.15) is 39.5 Å². The second-order valence-electron chi connectivity index (χ2n) is 5.57. The maximum atomic E-state index is 11.9. The van der Waals surface area contributed by atoms with E-state index in [-0.39, 0.29) is 17.7 Å². The van der Waals surface area contributed by atoms with Crippen LogP contribution in [0, 0.1) is 0 Å². The molecule has 2 rings (SSSR count). The Balaban J connectivity index is 1.84. The van der Waals surface area contributed by atoms with Gasteiger partial charge in [0.05, 0.1) is 19.3 Å². The van der Waals surface area contributed by atoms with E-state index in [1.807, 2.05) is 20.9 Å². The largest absolute Gasteiger partial charge is 0.355 e. The van der Waals surface area contributed by atoms with E-state index in [1.165, 1.54) is 0 Å². The Labute approximate surface area is 115 Å². The molecule has 2 fully saturated rings. The van der Waals surface area contributed by atoms with Gasteiger partial charge in [-0.2, -0.15) is 0 Å². The molecule has 5 heteroatoms. The van der Waals surface area contributed by atoms with Gasteiger partial charge in [0, 0.05) is 25.4 Å². The van der Waals surface area contributed by atoms with Gasteiger partial charge in [-0.25, -0.2) is 0 Å². The Morgan fingerprint density at radius 2 is 1.95 bits per heavy atom. The Hall–Kier alpha value is -0.650. The van der Waals surface area contributed by atoms with E-state index in [0.717, 1.165) is 38.9 Å². The second kappa shape index (κ2) is 6.20. The number of carbonyl (C=O) groups excluding carboxylic acids is 1. The van der Waals surface area contributed by atoms with Gasteiger partial charge >= 0.3 is 0 Å². The Morgan fingerprint density at radius 1 is 1.37 bits per heavy atom. The third-order valence-electron chi connectivity index (χ3n) is 4.45. The number of nitrogens with one attached hydrogen (secondary N) is 1. The number of likely N-dealkylation sites (N-methyl/N-ethyl adjacent to an activating group) is 2. The summed E-state index contributed by atoms with van der Waals surface area (Å²) in [5.41, 5.74) is 0. The molecule has 0 aromatic heterocycles. The number of carbonyl (C=O) groups is 1. The molecule has 1 aliphatic carbocycles. The van der Waals surface area contributed by atoms with Crippen molar-refractivity contribution in [2.45, 2.75) is 57.4 Å². The van der Waals surface area contributed by atoms with Crippen LogP contribution in [0.15, 0.2) is 0 Å². The summed E-state index contributed by atoms with van der Waals surface area (Å²) >= 11 is 0. The lowest BCUT2D eigenvalue weighted by Gasteiger charge is -2.40. The van der Waals surface area contributed by atoms with E-state index in [2.05, 4.69) is 10.2 Å². The van der Waals surface area contributed by atoms with Gasteiger partial charge in [-0.3, -0.25) is 9.69 Å². The summed E-state index contributed by atoms with van der Waals surface area (Å²) in [6.45, 7) is 6.04. The van der Waals surface area contributed by atoms with E-state index in [0.29, 0.717) is 12.6 Å². The standard InChI is InChI=1S/C14H26N2O3/c1-4-15-13(17)11(2)16(3)12-5-7-14(8-6-12)18-9-10-19-14/h11-12H,4-10H2,1-3H3,(H,15,17). The minimum Gasteiger partial charge on any atom is -0.355 e. The quantitative estimate of drug-likeness (QED) is 0.832. The van der Waals surface area contributed by atoms with Gasteiger partial charge in [0.2, 0.25) is 5.91 Å². The highest BCUT2D eigenvalue weighted by atomic mass is 16.7. The van der Waals surface area contributed by atoms with Crippen LogP contribution >= 0.6 is 0 Å². The zero-order valence-corrected chi connectivity index (χ0v) is 12.3. The van der Waals surface area contributed by atoms with Crippen molar-refractivity contribution >= 4 is 5.91 Å². The predicted molar refractivity (Wildman–Crippen MR) is 72.8 cm³/mol. The highest BCUT2D eigenvalue weighted by Crippen LogP contribution is 2.37.